The molecule has 6 heterocycles. The fraction of sp³-hybridized carbons (Fsp3) is 0.431. The van der Waals surface area contributed by atoms with Gasteiger partial charge in [-0.25, -0.2) is 0 Å². The molecule has 8 aromatic rings. The van der Waals surface area contributed by atoms with Gasteiger partial charge in [-0.2, -0.15) is 15.3 Å². The van der Waals surface area contributed by atoms with Crippen molar-refractivity contribution in [1.29, 1.82) is 0 Å². The van der Waals surface area contributed by atoms with Crippen LogP contribution in [0.1, 0.15) is 49.0 Å². The normalized spacial score (nSPS) is 15.6. The Morgan fingerprint density at radius 3 is 1.41 bits per heavy atom. The van der Waals surface area contributed by atoms with E-state index in [4.69, 9.17) is 19.7 Å². The second-order valence-electron chi connectivity index (χ2n) is 19.4. The summed E-state index contributed by atoms with van der Waals surface area (Å²) in [5, 5.41) is 24.2. The number of ether oxygens (including phenoxy) is 2. The van der Waals surface area contributed by atoms with Crippen LogP contribution in [-0.4, -0.2) is 158 Å². The molecule has 3 aliphatic heterocycles. The van der Waals surface area contributed by atoms with Crippen molar-refractivity contribution in [2.45, 2.75) is 53.1 Å². The molecule has 0 spiro atoms. The molecule has 3 fully saturated rings. The highest BCUT2D eigenvalue weighted by Crippen LogP contribution is 2.29. The van der Waals surface area contributed by atoms with E-state index in [2.05, 4.69) is 186 Å². The number of halogens is 1. The molecule has 3 aromatic heterocycles. The Morgan fingerprint density at radius 2 is 0.959 bits per heavy atom. The summed E-state index contributed by atoms with van der Waals surface area (Å²) in [4.78, 5) is 12.0. The van der Waals surface area contributed by atoms with E-state index in [1.54, 1.807) is 14.2 Å². The van der Waals surface area contributed by atoms with Gasteiger partial charge in [-0.05, 0) is 130 Å². The van der Waals surface area contributed by atoms with E-state index in [0.29, 0.717) is 0 Å². The largest absolute Gasteiger partial charge is 0.497 e. The monoisotopic (exact) mass is 1050 g/mol. The molecule has 388 valence electrons. The highest BCUT2D eigenvalue weighted by molar-refractivity contribution is 9.10. The Labute approximate surface area is 441 Å². The highest BCUT2D eigenvalue weighted by atomic mass is 79.9. The third kappa shape index (κ3) is 13.8. The maximum absolute atomic E-state index is 5.27. The van der Waals surface area contributed by atoms with Crippen LogP contribution in [0.4, 0.5) is 11.4 Å². The first kappa shape index (κ1) is 53.3. The highest BCUT2D eigenvalue weighted by Gasteiger charge is 2.18. The third-order valence-corrected chi connectivity index (χ3v) is 14.8. The van der Waals surface area contributed by atoms with Crippen molar-refractivity contribution in [1.82, 2.24) is 49.8 Å². The maximum atomic E-state index is 5.27. The molecule has 0 atom stereocenters. The Bertz CT molecular complexity index is 2960. The fourth-order valence-electron chi connectivity index (χ4n) is 9.64. The molecule has 2 N–H and O–H groups in total. The number of nitrogens with one attached hydrogen (secondary N) is 2. The topological polar surface area (TPSA) is 111 Å². The lowest BCUT2D eigenvalue weighted by Gasteiger charge is -2.34. The van der Waals surface area contributed by atoms with Gasteiger partial charge in [0.25, 0.3) is 0 Å². The first-order chi connectivity index (χ1) is 35.5. The summed E-state index contributed by atoms with van der Waals surface area (Å²) in [5.74, 6) is 1.76. The number of fused-ring (bicyclic) bond motifs is 3. The van der Waals surface area contributed by atoms with Crippen LogP contribution in [0.5, 0.6) is 11.5 Å². The van der Waals surface area contributed by atoms with Gasteiger partial charge in [0.05, 0.1) is 55.2 Å². The number of rotatable bonds is 11. The van der Waals surface area contributed by atoms with Gasteiger partial charge in [-0.1, -0.05) is 61.0 Å². The van der Waals surface area contributed by atoms with E-state index in [-0.39, 0.29) is 0 Å². The van der Waals surface area contributed by atoms with Crippen LogP contribution in [-0.2, 0) is 32.4 Å². The number of nitrogens with zero attached hydrogens (tertiary/aromatic N) is 10. The number of aryl methyl sites for hydroxylation is 3. The Morgan fingerprint density at radius 1 is 0.507 bits per heavy atom. The lowest BCUT2D eigenvalue weighted by molar-refractivity contribution is 0.291. The van der Waals surface area contributed by atoms with Crippen LogP contribution in [0.25, 0.3) is 32.7 Å². The molecule has 0 radical (unpaired) electrons. The molecule has 0 amide bonds. The second kappa shape index (κ2) is 25.8. The van der Waals surface area contributed by atoms with Gasteiger partial charge in [0, 0.05) is 116 Å². The Hall–Kier alpha value is -5.97. The first-order valence-electron chi connectivity index (χ1n) is 26.2. The number of anilines is 2. The van der Waals surface area contributed by atoms with Crippen LogP contribution in [0, 0.1) is 0 Å². The molecule has 15 heteroatoms. The van der Waals surface area contributed by atoms with Gasteiger partial charge in [0.2, 0.25) is 0 Å². The smallest absolute Gasteiger partial charge is 0.118 e. The van der Waals surface area contributed by atoms with E-state index in [1.807, 2.05) is 24.3 Å². The molecule has 11 rings (SSSR count). The molecule has 3 aliphatic rings. The summed E-state index contributed by atoms with van der Waals surface area (Å²) >= 11 is 3.54. The molecular formula is C58H77BrN12O2. The first-order valence-corrected chi connectivity index (χ1v) is 27.0. The van der Waals surface area contributed by atoms with Crippen molar-refractivity contribution in [3.63, 3.8) is 0 Å². The van der Waals surface area contributed by atoms with Crippen LogP contribution >= 0.6 is 15.9 Å². The number of aromatic nitrogens is 6. The van der Waals surface area contributed by atoms with Gasteiger partial charge < -0.3 is 39.3 Å². The number of hydrogen-bond donors (Lipinski definition) is 2. The van der Waals surface area contributed by atoms with Gasteiger partial charge in [-0.3, -0.25) is 14.5 Å². The summed E-state index contributed by atoms with van der Waals surface area (Å²) < 4.78 is 15.8. The average molecular weight is 1050 g/mol. The molecule has 73 heavy (non-hydrogen) atoms. The molecule has 14 nitrogen and oxygen atoms in total. The number of piperazine rings is 3. The van der Waals surface area contributed by atoms with Crippen molar-refractivity contribution in [3.8, 4) is 11.5 Å². The molecule has 0 unspecified atom stereocenters. The van der Waals surface area contributed by atoms with Gasteiger partial charge in [-0.15, -0.1) is 0 Å². The van der Waals surface area contributed by atoms with Crippen LogP contribution in [0.15, 0.2) is 108 Å². The predicted molar refractivity (Wildman–Crippen MR) is 305 cm³/mol. The van der Waals surface area contributed by atoms with Crippen molar-refractivity contribution in [2.75, 3.05) is 124 Å². The van der Waals surface area contributed by atoms with Crippen molar-refractivity contribution >= 4 is 60.0 Å². The number of likely N-dealkylation sites (N-methyl/N-ethyl adjacent to an activating group) is 3. The van der Waals surface area contributed by atoms with E-state index >= 15 is 0 Å². The molecular weight excluding hydrogens is 977 g/mol. The van der Waals surface area contributed by atoms with Crippen LogP contribution < -0.4 is 24.6 Å². The van der Waals surface area contributed by atoms with E-state index in [9.17, 15) is 0 Å². The predicted octanol–water partition coefficient (Wildman–Crippen LogP) is 9.22. The fourth-order valence-corrected chi connectivity index (χ4v) is 9.99. The van der Waals surface area contributed by atoms with Gasteiger partial charge in [0.1, 0.15) is 11.5 Å². The lowest BCUT2D eigenvalue weighted by atomic mass is 10.1. The maximum Gasteiger partial charge on any atom is 0.118 e. The molecule has 3 saturated heterocycles. The number of aromatic amines is 1. The molecule has 0 aliphatic carbocycles. The minimum absolute atomic E-state index is 0.761. The van der Waals surface area contributed by atoms with Gasteiger partial charge in [0.15, 0.2) is 0 Å². The van der Waals surface area contributed by atoms with E-state index < -0.39 is 0 Å². The minimum atomic E-state index is 0.761. The summed E-state index contributed by atoms with van der Waals surface area (Å²) in [6.45, 7) is 21.6. The quantitative estimate of drug-likeness (QED) is 0.129. The third-order valence-electron chi connectivity index (χ3n) is 14.3. The number of H-pyrrole nitrogens is 1. The van der Waals surface area contributed by atoms with E-state index in [0.717, 1.165) is 130 Å². The van der Waals surface area contributed by atoms with Gasteiger partial charge >= 0.3 is 0 Å². The number of benzene rings is 5. The zero-order valence-corrected chi connectivity index (χ0v) is 46.1. The zero-order valence-electron chi connectivity index (χ0n) is 44.5. The molecule has 0 bridgehead atoms. The Kier molecular flexibility index (Phi) is 18.8. The second-order valence-corrected chi connectivity index (χ2v) is 20.3. The lowest BCUT2D eigenvalue weighted by Crippen LogP contribution is -2.44. The number of hydrogen-bond acceptors (Lipinski definition) is 11. The number of methoxy groups -OCH3 is 2. The summed E-state index contributed by atoms with van der Waals surface area (Å²) in [5.41, 5.74) is 12.1. The standard InChI is InChI=1S/C22H28N4O.C17H17BrN2O.C14H20N4.C5H12N2/c1-4-21-20-10-7-18(25-13-11-24(2)12-14-25)15-22(20)26(23-21)16-17-5-8-19(27-3)9-6-17;1-3-16-15-9-6-13(18)10-17(15)20(19-16)11-12-4-7-14(21-2)8-5-12;1-3-13-12-5-4-11(10-14(12)16-15-13)18-8-6-17(2)7-9-18;1-7-4-2-6-3-5-7/h5-10,15H,4,11-14,16H2,1-3H3;4-10H,3,11H2,1-2H3;4-5,10H,3,6-9H2,1-2H3,(H,15,16);6H,2-5H2,1H3. The van der Waals surface area contributed by atoms with E-state index in [1.165, 1.54) is 68.7 Å². The van der Waals surface area contributed by atoms with Crippen LogP contribution in [0.3, 0.4) is 0 Å². The van der Waals surface area contributed by atoms with Crippen LogP contribution in [0.2, 0.25) is 0 Å². The van der Waals surface area contributed by atoms with Crippen molar-refractivity contribution in [2.24, 2.45) is 0 Å². The Balaban J connectivity index is 0.000000139. The summed E-state index contributed by atoms with van der Waals surface area (Å²) in [6.07, 6.45) is 2.89. The molecule has 0 saturated carbocycles. The zero-order chi connectivity index (χ0) is 51.3. The van der Waals surface area contributed by atoms with Crippen molar-refractivity contribution < 1.29 is 9.47 Å². The molecule has 5 aromatic carbocycles. The SMILES string of the molecule is CCc1[nH]nc2cc(N3CCN(C)CC3)ccc12.CCc1nn(Cc2ccc(OC)cc2)c2cc(Br)ccc12.CCc1nn(Cc2ccc(OC)cc2)c2cc(N3CCN(C)CC3)ccc12.CN1CCNCC1. The summed E-state index contributed by atoms with van der Waals surface area (Å²) in [7, 11) is 9.91. The van der Waals surface area contributed by atoms with Crippen molar-refractivity contribution in [3.05, 3.63) is 136 Å². The average Bonchev–Trinajstić information content (AvgIpc) is 4.12. The summed E-state index contributed by atoms with van der Waals surface area (Å²) in [6, 6.07) is 36.2. The minimum Gasteiger partial charge on any atom is -0.497 e.